The fourth-order valence-corrected chi connectivity index (χ4v) is 3.10. The van der Waals surface area contributed by atoms with E-state index < -0.39 is 0 Å². The molecular weight excluding hydrogens is 321 g/mol. The number of hydrogen-bond donors (Lipinski definition) is 1. The minimum Gasteiger partial charge on any atom is -0.345 e. The van der Waals surface area contributed by atoms with Gasteiger partial charge < -0.3 is 9.88 Å². The molecule has 0 bridgehead atoms. The molecule has 0 fully saturated rings. The van der Waals surface area contributed by atoms with Gasteiger partial charge in [-0.2, -0.15) is 0 Å². The lowest BCUT2D eigenvalue weighted by Crippen LogP contribution is -2.24. The van der Waals surface area contributed by atoms with Crippen molar-refractivity contribution in [2.75, 3.05) is 0 Å². The van der Waals surface area contributed by atoms with Crippen LogP contribution in [-0.4, -0.2) is 15.5 Å². The lowest BCUT2D eigenvalue weighted by atomic mass is 10.0. The fourth-order valence-electron chi connectivity index (χ4n) is 2.80. The molecule has 1 aliphatic rings. The predicted molar refractivity (Wildman–Crippen MR) is 87.5 cm³/mol. The third-order valence-electron chi connectivity index (χ3n) is 4.06. The van der Waals surface area contributed by atoms with Crippen LogP contribution in [0.3, 0.4) is 0 Å². The van der Waals surface area contributed by atoms with Crippen molar-refractivity contribution in [3.8, 4) is 0 Å². The zero-order valence-electron chi connectivity index (χ0n) is 12.3. The minimum atomic E-state index is -0.181. The third-order valence-corrected chi connectivity index (χ3v) is 4.79. The quantitative estimate of drug-likeness (QED) is 0.931. The van der Waals surface area contributed by atoms with Crippen LogP contribution in [0.2, 0.25) is 10.0 Å². The van der Waals surface area contributed by atoms with Gasteiger partial charge in [0.05, 0.1) is 22.3 Å². The Kier molecular flexibility index (Phi) is 4.41. The molecule has 1 aliphatic carbocycles. The van der Waals surface area contributed by atoms with Crippen LogP contribution in [0.5, 0.6) is 0 Å². The van der Waals surface area contributed by atoms with Crippen molar-refractivity contribution < 1.29 is 4.79 Å². The van der Waals surface area contributed by atoms with E-state index >= 15 is 0 Å². The van der Waals surface area contributed by atoms with E-state index in [0.717, 1.165) is 18.7 Å². The van der Waals surface area contributed by atoms with Gasteiger partial charge >= 0.3 is 0 Å². The van der Waals surface area contributed by atoms with E-state index in [1.165, 1.54) is 24.2 Å². The lowest BCUT2D eigenvalue weighted by molar-refractivity contribution is 0.0949. The van der Waals surface area contributed by atoms with Crippen LogP contribution in [0.1, 0.15) is 40.4 Å². The first-order valence-electron chi connectivity index (χ1n) is 7.33. The number of carbonyl (C=O) groups is 1. The number of aryl methyl sites for hydroxylation is 1. The molecule has 1 heterocycles. The van der Waals surface area contributed by atoms with E-state index in [-0.39, 0.29) is 5.91 Å². The van der Waals surface area contributed by atoms with Gasteiger partial charge in [-0.1, -0.05) is 23.2 Å². The molecule has 22 heavy (non-hydrogen) atoms. The molecule has 1 aromatic carbocycles. The molecule has 2 aromatic rings. The smallest absolute Gasteiger partial charge is 0.251 e. The number of nitrogens with one attached hydrogen (secondary N) is 1. The van der Waals surface area contributed by atoms with Crippen LogP contribution in [0.15, 0.2) is 18.2 Å². The number of hydrogen-bond acceptors (Lipinski definition) is 2. The largest absolute Gasteiger partial charge is 0.345 e. The van der Waals surface area contributed by atoms with Crippen molar-refractivity contribution in [1.82, 2.24) is 14.9 Å². The zero-order chi connectivity index (χ0) is 15.7. The summed E-state index contributed by atoms with van der Waals surface area (Å²) in [6.45, 7) is 0.405. The Bertz CT molecular complexity index is 724. The molecular formula is C16H17Cl2N3O. The highest BCUT2D eigenvalue weighted by Gasteiger charge is 2.18. The van der Waals surface area contributed by atoms with Gasteiger partial charge in [-0.3, -0.25) is 4.79 Å². The molecule has 0 spiro atoms. The Morgan fingerprint density at radius 1 is 1.27 bits per heavy atom. The maximum Gasteiger partial charge on any atom is 0.251 e. The SMILES string of the molecule is Cn1c(CNC(=O)c2ccc(Cl)c(Cl)c2)nc2c1CCCC2. The zero-order valence-corrected chi connectivity index (χ0v) is 13.8. The second-order valence-corrected chi connectivity index (χ2v) is 6.31. The molecule has 1 N–H and O–H groups in total. The van der Waals surface area contributed by atoms with Gasteiger partial charge in [0.1, 0.15) is 5.82 Å². The summed E-state index contributed by atoms with van der Waals surface area (Å²) in [5, 5.41) is 3.70. The average Bonchev–Trinajstić information content (AvgIpc) is 2.84. The Morgan fingerprint density at radius 2 is 2.05 bits per heavy atom. The summed E-state index contributed by atoms with van der Waals surface area (Å²) in [4.78, 5) is 16.8. The minimum absolute atomic E-state index is 0.181. The van der Waals surface area contributed by atoms with Crippen molar-refractivity contribution in [2.24, 2.45) is 7.05 Å². The van der Waals surface area contributed by atoms with Crippen molar-refractivity contribution in [1.29, 1.82) is 0 Å². The van der Waals surface area contributed by atoms with E-state index in [1.54, 1.807) is 18.2 Å². The Hall–Kier alpha value is -1.52. The molecule has 0 unspecified atom stereocenters. The van der Waals surface area contributed by atoms with Crippen LogP contribution in [-0.2, 0) is 26.4 Å². The van der Waals surface area contributed by atoms with Gasteiger partial charge in [-0.15, -0.1) is 0 Å². The number of rotatable bonds is 3. The maximum atomic E-state index is 12.2. The number of halogens is 2. The first-order valence-corrected chi connectivity index (χ1v) is 8.08. The first kappa shape index (κ1) is 15.4. The van der Waals surface area contributed by atoms with Crippen molar-refractivity contribution in [3.63, 3.8) is 0 Å². The summed E-state index contributed by atoms with van der Waals surface area (Å²) < 4.78 is 2.10. The number of aromatic nitrogens is 2. The Morgan fingerprint density at radius 3 is 2.77 bits per heavy atom. The van der Waals surface area contributed by atoms with E-state index in [9.17, 15) is 4.79 Å². The van der Waals surface area contributed by atoms with E-state index in [4.69, 9.17) is 23.2 Å². The third kappa shape index (κ3) is 2.99. The first-order chi connectivity index (χ1) is 10.6. The van der Waals surface area contributed by atoms with Crippen LogP contribution in [0.4, 0.5) is 0 Å². The summed E-state index contributed by atoms with van der Waals surface area (Å²) in [5.41, 5.74) is 2.96. The number of nitrogens with zero attached hydrogens (tertiary/aromatic N) is 2. The lowest BCUT2D eigenvalue weighted by Gasteiger charge is -2.11. The second-order valence-electron chi connectivity index (χ2n) is 5.50. The van der Waals surface area contributed by atoms with E-state index in [0.29, 0.717) is 22.2 Å². The fraction of sp³-hybridized carbons (Fsp3) is 0.375. The number of imidazole rings is 1. The van der Waals surface area contributed by atoms with Crippen LogP contribution >= 0.6 is 23.2 Å². The van der Waals surface area contributed by atoms with E-state index in [1.807, 2.05) is 7.05 Å². The monoisotopic (exact) mass is 337 g/mol. The number of benzene rings is 1. The van der Waals surface area contributed by atoms with Crippen LogP contribution in [0.25, 0.3) is 0 Å². The maximum absolute atomic E-state index is 12.2. The highest BCUT2D eigenvalue weighted by Crippen LogP contribution is 2.23. The van der Waals surface area contributed by atoms with Crippen molar-refractivity contribution in [2.45, 2.75) is 32.2 Å². The molecule has 0 saturated heterocycles. The summed E-state index contributed by atoms with van der Waals surface area (Å²) in [7, 11) is 2.01. The number of fused-ring (bicyclic) bond motifs is 1. The summed E-state index contributed by atoms with van der Waals surface area (Å²) >= 11 is 11.8. The molecule has 6 heteroatoms. The highest BCUT2D eigenvalue weighted by atomic mass is 35.5. The van der Waals surface area contributed by atoms with Crippen molar-refractivity contribution >= 4 is 29.1 Å². The summed E-state index contributed by atoms with van der Waals surface area (Å²) in [6.07, 6.45) is 4.50. The molecule has 116 valence electrons. The second kappa shape index (κ2) is 6.31. The molecule has 3 rings (SSSR count). The van der Waals surface area contributed by atoms with Crippen LogP contribution in [0, 0.1) is 0 Å². The molecule has 0 atom stereocenters. The summed E-state index contributed by atoms with van der Waals surface area (Å²) in [6, 6.07) is 4.86. The van der Waals surface area contributed by atoms with Crippen molar-refractivity contribution in [3.05, 3.63) is 51.0 Å². The van der Waals surface area contributed by atoms with Gasteiger partial charge in [0.2, 0.25) is 0 Å². The summed E-state index contributed by atoms with van der Waals surface area (Å²) in [5.74, 6) is 0.708. The standard InChI is InChI=1S/C16H17Cl2N3O/c1-21-14-5-3-2-4-13(14)20-15(21)9-19-16(22)10-6-7-11(17)12(18)8-10/h6-8H,2-5,9H2,1H3,(H,19,22). The van der Waals surface area contributed by atoms with Gasteiger partial charge in [0.25, 0.3) is 5.91 Å². The Labute approximate surface area is 139 Å². The Balaban J connectivity index is 1.71. The normalized spacial score (nSPS) is 13.8. The van der Waals surface area contributed by atoms with Gasteiger partial charge in [-0.25, -0.2) is 4.98 Å². The highest BCUT2D eigenvalue weighted by molar-refractivity contribution is 6.42. The molecule has 0 radical (unpaired) electrons. The van der Waals surface area contributed by atoms with Gasteiger partial charge in [0, 0.05) is 18.3 Å². The number of carbonyl (C=O) groups excluding carboxylic acids is 1. The average molecular weight is 338 g/mol. The molecule has 0 aliphatic heterocycles. The van der Waals surface area contributed by atoms with Gasteiger partial charge in [0.15, 0.2) is 0 Å². The molecule has 1 amide bonds. The van der Waals surface area contributed by atoms with Gasteiger partial charge in [-0.05, 0) is 43.9 Å². The number of amides is 1. The topological polar surface area (TPSA) is 46.9 Å². The molecule has 4 nitrogen and oxygen atoms in total. The molecule has 0 saturated carbocycles. The van der Waals surface area contributed by atoms with E-state index in [2.05, 4.69) is 14.9 Å². The van der Waals surface area contributed by atoms with Crippen LogP contribution < -0.4 is 5.32 Å². The molecule has 1 aromatic heterocycles. The predicted octanol–water partition coefficient (Wildman–Crippen LogP) is 3.54.